The molecule has 174 valence electrons. The lowest BCUT2D eigenvalue weighted by molar-refractivity contribution is 0.101. The SMILES string of the molecule is O=C(CNc1nc(SCc2ccccc2)ns1)c1cccc(S(=O)(=O)N2CCCCCC2)c1. The van der Waals surface area contributed by atoms with Crippen molar-refractivity contribution in [3.63, 3.8) is 0 Å². The standard InChI is InChI=1S/C23H26N4O3S3/c28-21(16-24-22-25-23(26-32-22)31-17-18-9-4-3-5-10-18)19-11-8-12-20(15-19)33(29,30)27-13-6-1-2-7-14-27/h3-5,8-12,15H,1-2,6-7,13-14,16-17H2,(H,24,25,26). The van der Waals surface area contributed by atoms with E-state index in [0.717, 1.165) is 31.4 Å². The maximum absolute atomic E-state index is 13.0. The van der Waals surface area contributed by atoms with E-state index in [1.165, 1.54) is 39.2 Å². The fourth-order valence-electron chi connectivity index (χ4n) is 3.58. The summed E-state index contributed by atoms with van der Waals surface area (Å²) >= 11 is 2.74. The van der Waals surface area contributed by atoms with Gasteiger partial charge in [-0.1, -0.05) is 67.1 Å². The van der Waals surface area contributed by atoms with E-state index in [4.69, 9.17) is 0 Å². The molecule has 0 radical (unpaired) electrons. The lowest BCUT2D eigenvalue weighted by atomic mass is 10.1. The number of carbonyl (C=O) groups excluding carboxylic acids is 1. The molecule has 0 amide bonds. The van der Waals surface area contributed by atoms with Gasteiger partial charge >= 0.3 is 0 Å². The lowest BCUT2D eigenvalue weighted by Gasteiger charge is -2.20. The predicted octanol–water partition coefficient (Wildman–Crippen LogP) is 4.69. The number of ketones is 1. The number of sulfonamides is 1. The van der Waals surface area contributed by atoms with Crippen molar-refractivity contribution in [3.8, 4) is 0 Å². The van der Waals surface area contributed by atoms with Crippen molar-refractivity contribution in [2.45, 2.75) is 41.5 Å². The van der Waals surface area contributed by atoms with E-state index in [-0.39, 0.29) is 17.2 Å². The molecule has 33 heavy (non-hydrogen) atoms. The minimum Gasteiger partial charge on any atom is -0.353 e. The Morgan fingerprint density at radius 2 is 1.79 bits per heavy atom. The lowest BCUT2D eigenvalue weighted by Crippen LogP contribution is -2.32. The average Bonchev–Trinajstić information content (AvgIpc) is 3.11. The van der Waals surface area contributed by atoms with Crippen LogP contribution in [-0.2, 0) is 15.8 Å². The van der Waals surface area contributed by atoms with E-state index < -0.39 is 10.0 Å². The zero-order valence-electron chi connectivity index (χ0n) is 18.1. The predicted molar refractivity (Wildman–Crippen MR) is 132 cm³/mol. The minimum absolute atomic E-state index is 0.0190. The second-order valence-corrected chi connectivity index (χ2v) is 11.4. The Labute approximate surface area is 202 Å². The van der Waals surface area contributed by atoms with Crippen LogP contribution in [-0.4, -0.2) is 47.5 Å². The quantitative estimate of drug-likeness (QED) is 0.335. The van der Waals surface area contributed by atoms with Crippen LogP contribution >= 0.6 is 23.3 Å². The average molecular weight is 503 g/mol. The third-order valence-corrected chi connectivity index (χ3v) is 8.98. The highest BCUT2D eigenvalue weighted by Crippen LogP contribution is 2.24. The second-order valence-electron chi connectivity index (χ2n) is 7.78. The number of aromatic nitrogens is 2. The van der Waals surface area contributed by atoms with Crippen molar-refractivity contribution in [2.24, 2.45) is 0 Å². The van der Waals surface area contributed by atoms with Crippen LogP contribution in [0, 0.1) is 0 Å². The van der Waals surface area contributed by atoms with E-state index in [9.17, 15) is 13.2 Å². The number of rotatable bonds is 9. The van der Waals surface area contributed by atoms with Gasteiger partial charge in [-0.3, -0.25) is 4.79 Å². The molecular weight excluding hydrogens is 476 g/mol. The van der Waals surface area contributed by atoms with E-state index in [0.29, 0.717) is 28.9 Å². The number of Topliss-reactive ketones (excluding diaryl/α,β-unsaturated/α-hetero) is 1. The molecule has 1 aromatic heterocycles. The first-order valence-electron chi connectivity index (χ1n) is 10.9. The Balaban J connectivity index is 1.35. The summed E-state index contributed by atoms with van der Waals surface area (Å²) in [6, 6.07) is 16.4. The molecule has 1 saturated heterocycles. The van der Waals surface area contributed by atoms with Gasteiger partial charge in [0.05, 0.1) is 11.4 Å². The van der Waals surface area contributed by atoms with Gasteiger partial charge in [0.25, 0.3) is 0 Å². The first-order valence-corrected chi connectivity index (χ1v) is 14.1. The van der Waals surface area contributed by atoms with Crippen LogP contribution < -0.4 is 5.32 Å². The summed E-state index contributed by atoms with van der Waals surface area (Å²) in [4.78, 5) is 17.3. The first-order chi connectivity index (χ1) is 16.0. The third-order valence-electron chi connectivity index (χ3n) is 5.38. The summed E-state index contributed by atoms with van der Waals surface area (Å²) in [5, 5.41) is 4.23. The number of anilines is 1. The molecule has 7 nitrogen and oxygen atoms in total. The molecule has 10 heteroatoms. The van der Waals surface area contributed by atoms with Gasteiger partial charge in [-0.25, -0.2) is 8.42 Å². The van der Waals surface area contributed by atoms with Crippen molar-refractivity contribution in [3.05, 3.63) is 65.7 Å². The molecule has 1 N–H and O–H groups in total. The molecule has 1 aliphatic heterocycles. The highest BCUT2D eigenvalue weighted by atomic mass is 32.2. The van der Waals surface area contributed by atoms with Crippen molar-refractivity contribution in [1.29, 1.82) is 0 Å². The molecule has 1 aliphatic rings. The van der Waals surface area contributed by atoms with E-state index in [2.05, 4.69) is 26.8 Å². The molecule has 2 aromatic carbocycles. The first kappa shape index (κ1) is 23.9. The molecule has 0 unspecified atom stereocenters. The second kappa shape index (κ2) is 11.2. The maximum Gasteiger partial charge on any atom is 0.243 e. The molecule has 1 fully saturated rings. The summed E-state index contributed by atoms with van der Waals surface area (Å²) < 4.78 is 31.9. The number of nitrogens with one attached hydrogen (secondary N) is 1. The fraction of sp³-hybridized carbons (Fsp3) is 0.348. The van der Waals surface area contributed by atoms with Gasteiger partial charge in [0.1, 0.15) is 0 Å². The number of carbonyl (C=O) groups is 1. The summed E-state index contributed by atoms with van der Waals surface area (Å²) in [6.07, 6.45) is 3.84. The van der Waals surface area contributed by atoms with Crippen LogP contribution in [0.5, 0.6) is 0 Å². The van der Waals surface area contributed by atoms with E-state index >= 15 is 0 Å². The number of hydrogen-bond acceptors (Lipinski definition) is 8. The Morgan fingerprint density at radius 3 is 2.55 bits per heavy atom. The molecule has 0 atom stereocenters. The topological polar surface area (TPSA) is 92.3 Å². The Hall–Kier alpha value is -2.27. The summed E-state index contributed by atoms with van der Waals surface area (Å²) in [5.41, 5.74) is 1.55. The van der Waals surface area contributed by atoms with Gasteiger partial charge < -0.3 is 5.32 Å². The van der Waals surface area contributed by atoms with Crippen LogP contribution in [0.25, 0.3) is 0 Å². The van der Waals surface area contributed by atoms with Crippen LogP contribution in [0.1, 0.15) is 41.6 Å². The van der Waals surface area contributed by atoms with Gasteiger partial charge in [-0.15, -0.1) is 0 Å². The summed E-state index contributed by atoms with van der Waals surface area (Å²) in [7, 11) is -3.60. The van der Waals surface area contributed by atoms with Crippen molar-refractivity contribution in [1.82, 2.24) is 13.7 Å². The smallest absolute Gasteiger partial charge is 0.243 e. The van der Waals surface area contributed by atoms with Crippen molar-refractivity contribution >= 4 is 44.2 Å². The number of thioether (sulfide) groups is 1. The van der Waals surface area contributed by atoms with Crippen LogP contribution in [0.3, 0.4) is 0 Å². The normalized spacial score (nSPS) is 15.2. The van der Waals surface area contributed by atoms with Crippen molar-refractivity contribution in [2.75, 3.05) is 25.0 Å². The monoisotopic (exact) mass is 502 g/mol. The Morgan fingerprint density at radius 1 is 1.03 bits per heavy atom. The molecule has 4 rings (SSSR count). The molecule has 0 spiro atoms. The summed E-state index contributed by atoms with van der Waals surface area (Å²) in [5.74, 6) is 0.574. The molecule has 2 heterocycles. The molecule has 0 aliphatic carbocycles. The Bertz CT molecular complexity index is 1170. The van der Waals surface area contributed by atoms with Gasteiger partial charge in [-0.05, 0) is 30.5 Å². The number of nitrogens with zero attached hydrogens (tertiary/aromatic N) is 3. The van der Waals surface area contributed by atoms with Crippen LogP contribution in [0.4, 0.5) is 5.13 Å². The molecule has 0 bridgehead atoms. The third kappa shape index (κ3) is 6.41. The zero-order chi connectivity index (χ0) is 23.1. The molecule has 3 aromatic rings. The van der Waals surface area contributed by atoms with Gasteiger partial charge in [0.15, 0.2) is 5.78 Å². The van der Waals surface area contributed by atoms with Gasteiger partial charge in [0, 0.05) is 35.9 Å². The van der Waals surface area contributed by atoms with E-state index in [1.807, 2.05) is 18.2 Å². The highest BCUT2D eigenvalue weighted by Gasteiger charge is 2.25. The number of hydrogen-bond donors (Lipinski definition) is 1. The van der Waals surface area contributed by atoms with Crippen molar-refractivity contribution < 1.29 is 13.2 Å². The Kier molecular flexibility index (Phi) is 8.13. The maximum atomic E-state index is 13.0. The van der Waals surface area contributed by atoms with Gasteiger partial charge in [0.2, 0.25) is 20.3 Å². The van der Waals surface area contributed by atoms with Crippen LogP contribution in [0.2, 0.25) is 0 Å². The summed E-state index contributed by atoms with van der Waals surface area (Å²) in [6.45, 7) is 1.08. The molecule has 0 saturated carbocycles. The highest BCUT2D eigenvalue weighted by molar-refractivity contribution is 7.98. The fourth-order valence-corrected chi connectivity index (χ4v) is 6.64. The van der Waals surface area contributed by atoms with Crippen LogP contribution in [0.15, 0.2) is 64.6 Å². The number of benzene rings is 2. The largest absolute Gasteiger partial charge is 0.353 e. The van der Waals surface area contributed by atoms with Gasteiger partial charge in [-0.2, -0.15) is 13.7 Å². The minimum atomic E-state index is -3.60. The molecular formula is C23H26N4O3S3. The zero-order valence-corrected chi connectivity index (χ0v) is 20.6. The van der Waals surface area contributed by atoms with E-state index in [1.54, 1.807) is 18.2 Å².